The normalized spacial score (nSPS) is 40.3. The summed E-state index contributed by atoms with van der Waals surface area (Å²) < 4.78 is 0. The summed E-state index contributed by atoms with van der Waals surface area (Å²) in [5, 5.41) is 3.04. The van der Waals surface area contributed by atoms with E-state index in [1.165, 1.54) is 32.1 Å². The van der Waals surface area contributed by atoms with E-state index in [9.17, 15) is 4.79 Å². The third-order valence-electron chi connectivity index (χ3n) is 4.10. The molecule has 15 heavy (non-hydrogen) atoms. The number of carbonyl (C=O) groups is 1. The zero-order valence-electron chi connectivity index (χ0n) is 9.49. The number of nitrogens with one attached hydrogen (secondary N) is 1. The molecule has 84 valence electrons. The number of carbonyl (C=O) groups excluding carboxylic acids is 1. The van der Waals surface area contributed by atoms with Crippen LogP contribution in [0.2, 0.25) is 0 Å². The Hall–Kier alpha value is -0.790. The third kappa shape index (κ3) is 2.24. The molecule has 0 aromatic rings. The number of fused-ring (bicyclic) bond motifs is 2. The smallest absolute Gasteiger partial charge is 0.207 e. The highest BCUT2D eigenvalue weighted by Gasteiger charge is 2.38. The van der Waals surface area contributed by atoms with Gasteiger partial charge in [0.05, 0.1) is 0 Å². The minimum Gasteiger partial charge on any atom is -0.355 e. The quantitative estimate of drug-likeness (QED) is 0.559. The average molecular weight is 207 g/mol. The number of hydrogen-bond donors (Lipinski definition) is 1. The SMILES string of the molecule is CC=CC1CC2CCCC(C2)C1NC=O. The van der Waals surface area contributed by atoms with Gasteiger partial charge in [-0.3, -0.25) is 4.79 Å². The van der Waals surface area contributed by atoms with Gasteiger partial charge in [-0.25, -0.2) is 0 Å². The van der Waals surface area contributed by atoms with E-state index in [2.05, 4.69) is 24.4 Å². The lowest BCUT2D eigenvalue weighted by Gasteiger charge is -2.44. The van der Waals surface area contributed by atoms with Gasteiger partial charge in [0.15, 0.2) is 0 Å². The van der Waals surface area contributed by atoms with Crippen LogP contribution in [-0.2, 0) is 4.79 Å². The predicted molar refractivity (Wildman–Crippen MR) is 61.4 cm³/mol. The first-order valence-corrected chi connectivity index (χ1v) is 6.17. The van der Waals surface area contributed by atoms with Gasteiger partial charge in [0.1, 0.15) is 0 Å². The third-order valence-corrected chi connectivity index (χ3v) is 4.10. The second-order valence-electron chi connectivity index (χ2n) is 5.03. The van der Waals surface area contributed by atoms with Crippen molar-refractivity contribution in [3.63, 3.8) is 0 Å². The predicted octanol–water partition coefficient (Wildman–Crippen LogP) is 2.50. The maximum absolute atomic E-state index is 10.6. The number of amides is 1. The van der Waals surface area contributed by atoms with Gasteiger partial charge >= 0.3 is 0 Å². The van der Waals surface area contributed by atoms with Crippen molar-refractivity contribution in [2.45, 2.75) is 45.1 Å². The van der Waals surface area contributed by atoms with E-state index in [-0.39, 0.29) is 0 Å². The Kier molecular flexibility index (Phi) is 3.45. The summed E-state index contributed by atoms with van der Waals surface area (Å²) in [5.41, 5.74) is 0. The molecule has 0 aliphatic heterocycles. The van der Waals surface area contributed by atoms with Gasteiger partial charge in [-0.2, -0.15) is 0 Å². The zero-order chi connectivity index (χ0) is 10.7. The summed E-state index contributed by atoms with van der Waals surface area (Å²) in [6.45, 7) is 2.07. The fourth-order valence-electron chi connectivity index (χ4n) is 3.54. The summed E-state index contributed by atoms with van der Waals surface area (Å²) in [6, 6.07) is 0.398. The summed E-state index contributed by atoms with van der Waals surface area (Å²) in [4.78, 5) is 10.6. The molecule has 0 spiro atoms. The minimum atomic E-state index is 0.398. The van der Waals surface area contributed by atoms with Gasteiger partial charge < -0.3 is 5.32 Å². The van der Waals surface area contributed by atoms with Crippen LogP contribution in [0.1, 0.15) is 39.0 Å². The van der Waals surface area contributed by atoms with Crippen LogP contribution in [0.5, 0.6) is 0 Å². The van der Waals surface area contributed by atoms with Crippen molar-refractivity contribution in [2.75, 3.05) is 0 Å². The van der Waals surface area contributed by atoms with Crippen molar-refractivity contribution in [1.29, 1.82) is 0 Å². The first-order valence-electron chi connectivity index (χ1n) is 6.17. The molecular weight excluding hydrogens is 186 g/mol. The number of allylic oxidation sites excluding steroid dienone is 1. The Labute approximate surface area is 92.1 Å². The molecule has 2 fully saturated rings. The molecule has 2 nitrogen and oxygen atoms in total. The van der Waals surface area contributed by atoms with Crippen molar-refractivity contribution < 1.29 is 4.79 Å². The molecule has 1 amide bonds. The molecule has 0 radical (unpaired) electrons. The lowest BCUT2D eigenvalue weighted by atomic mass is 9.65. The molecule has 2 aliphatic carbocycles. The zero-order valence-corrected chi connectivity index (χ0v) is 9.49. The van der Waals surface area contributed by atoms with Crippen LogP contribution in [0.3, 0.4) is 0 Å². The van der Waals surface area contributed by atoms with Gasteiger partial charge in [0.2, 0.25) is 6.41 Å². The van der Waals surface area contributed by atoms with Gasteiger partial charge in [-0.1, -0.05) is 25.0 Å². The van der Waals surface area contributed by atoms with Gasteiger partial charge in [0.25, 0.3) is 0 Å². The molecule has 2 saturated carbocycles. The Bertz CT molecular complexity index is 249. The first-order chi connectivity index (χ1) is 7.35. The number of rotatable bonds is 3. The molecule has 2 bridgehead atoms. The fraction of sp³-hybridized carbons (Fsp3) is 0.769. The monoisotopic (exact) mass is 207 g/mol. The van der Waals surface area contributed by atoms with Crippen LogP contribution in [0.4, 0.5) is 0 Å². The molecule has 0 heterocycles. The van der Waals surface area contributed by atoms with Gasteiger partial charge in [-0.15, -0.1) is 0 Å². The van der Waals surface area contributed by atoms with E-state index in [4.69, 9.17) is 0 Å². The maximum atomic E-state index is 10.6. The van der Waals surface area contributed by atoms with Crippen molar-refractivity contribution >= 4 is 6.41 Å². The molecule has 2 heteroatoms. The van der Waals surface area contributed by atoms with E-state index >= 15 is 0 Å². The van der Waals surface area contributed by atoms with E-state index in [1.54, 1.807) is 0 Å². The van der Waals surface area contributed by atoms with Crippen LogP contribution in [0.25, 0.3) is 0 Å². The Balaban J connectivity index is 2.10. The second-order valence-corrected chi connectivity index (χ2v) is 5.03. The summed E-state index contributed by atoms with van der Waals surface area (Å²) in [7, 11) is 0. The second kappa shape index (κ2) is 4.82. The van der Waals surface area contributed by atoms with E-state index in [1.807, 2.05) is 0 Å². The Morgan fingerprint density at radius 2 is 2.13 bits per heavy atom. The standard InChI is InChI=1S/C13H21NO/c1-2-4-11-7-10-5-3-6-12(8-10)13(11)14-9-15/h2,4,9-13H,3,5-8H2,1H3,(H,14,15). The van der Waals surface area contributed by atoms with E-state index < -0.39 is 0 Å². The van der Waals surface area contributed by atoms with Crippen LogP contribution >= 0.6 is 0 Å². The average Bonchev–Trinajstić information content (AvgIpc) is 2.24. The molecule has 4 unspecified atom stereocenters. The molecule has 2 aliphatic rings. The molecule has 4 atom stereocenters. The first kappa shape index (κ1) is 10.7. The molecule has 0 saturated heterocycles. The molecular formula is C13H21NO. The Morgan fingerprint density at radius 1 is 1.27 bits per heavy atom. The maximum Gasteiger partial charge on any atom is 0.207 e. The molecule has 2 rings (SSSR count). The summed E-state index contributed by atoms with van der Waals surface area (Å²) in [5.74, 6) is 2.21. The highest BCUT2D eigenvalue weighted by molar-refractivity contribution is 5.47. The van der Waals surface area contributed by atoms with Crippen molar-refractivity contribution in [2.24, 2.45) is 17.8 Å². The van der Waals surface area contributed by atoms with Crippen molar-refractivity contribution in [1.82, 2.24) is 5.32 Å². The lowest BCUT2D eigenvalue weighted by Crippen LogP contribution is -2.47. The van der Waals surface area contributed by atoms with Crippen LogP contribution in [-0.4, -0.2) is 12.5 Å². The van der Waals surface area contributed by atoms with E-state index in [0.29, 0.717) is 12.0 Å². The van der Waals surface area contributed by atoms with Crippen molar-refractivity contribution in [3.8, 4) is 0 Å². The van der Waals surface area contributed by atoms with Gasteiger partial charge in [0, 0.05) is 6.04 Å². The summed E-state index contributed by atoms with van der Waals surface area (Å²) in [6.07, 6.45) is 12.0. The van der Waals surface area contributed by atoms with Crippen LogP contribution < -0.4 is 5.32 Å². The largest absolute Gasteiger partial charge is 0.355 e. The highest BCUT2D eigenvalue weighted by Crippen LogP contribution is 2.43. The van der Waals surface area contributed by atoms with Crippen molar-refractivity contribution in [3.05, 3.63) is 12.2 Å². The minimum absolute atomic E-state index is 0.398. The fourth-order valence-corrected chi connectivity index (χ4v) is 3.54. The Morgan fingerprint density at radius 3 is 2.87 bits per heavy atom. The van der Waals surface area contributed by atoms with E-state index in [0.717, 1.165) is 18.2 Å². The topological polar surface area (TPSA) is 29.1 Å². The number of hydrogen-bond acceptors (Lipinski definition) is 1. The molecule has 0 aromatic carbocycles. The molecule has 1 N–H and O–H groups in total. The van der Waals surface area contributed by atoms with Crippen LogP contribution in [0.15, 0.2) is 12.2 Å². The molecule has 0 aromatic heterocycles. The van der Waals surface area contributed by atoms with Gasteiger partial charge in [-0.05, 0) is 43.9 Å². The summed E-state index contributed by atoms with van der Waals surface area (Å²) >= 11 is 0. The lowest BCUT2D eigenvalue weighted by molar-refractivity contribution is -0.111. The van der Waals surface area contributed by atoms with Crippen LogP contribution in [0, 0.1) is 17.8 Å². The highest BCUT2D eigenvalue weighted by atomic mass is 16.1.